The van der Waals surface area contributed by atoms with Gasteiger partial charge in [-0.1, -0.05) is 0 Å². The van der Waals surface area contributed by atoms with Gasteiger partial charge in [-0.25, -0.2) is 15.0 Å². The second kappa shape index (κ2) is 6.16. The number of rotatable bonds is 3. The van der Waals surface area contributed by atoms with Crippen LogP contribution >= 0.6 is 11.3 Å². The average molecular weight is 366 g/mol. The summed E-state index contributed by atoms with van der Waals surface area (Å²) in [6.07, 6.45) is 10.2. The molecule has 26 heavy (non-hydrogen) atoms. The fourth-order valence-electron chi connectivity index (χ4n) is 4.01. The van der Waals surface area contributed by atoms with Crippen molar-refractivity contribution in [3.63, 3.8) is 0 Å². The lowest BCUT2D eigenvalue weighted by molar-refractivity contribution is 0.489. The van der Waals surface area contributed by atoms with Gasteiger partial charge >= 0.3 is 0 Å². The van der Waals surface area contributed by atoms with Gasteiger partial charge in [0.15, 0.2) is 0 Å². The Morgan fingerprint density at radius 2 is 2.00 bits per heavy atom. The number of thiophene rings is 1. The number of hydrogen-bond donors (Lipinski definition) is 0. The summed E-state index contributed by atoms with van der Waals surface area (Å²) in [5.41, 5.74) is 1.50. The van der Waals surface area contributed by atoms with Crippen LogP contribution in [-0.4, -0.2) is 46.1 Å². The molecular formula is C19H22N6S. The van der Waals surface area contributed by atoms with E-state index in [0.29, 0.717) is 6.04 Å². The number of hydrogen-bond acceptors (Lipinski definition) is 7. The number of anilines is 2. The van der Waals surface area contributed by atoms with Crippen molar-refractivity contribution in [3.05, 3.63) is 34.9 Å². The Labute approximate surface area is 156 Å². The van der Waals surface area contributed by atoms with Crippen LogP contribution in [0.5, 0.6) is 0 Å². The highest BCUT2D eigenvalue weighted by atomic mass is 32.1. The predicted molar refractivity (Wildman–Crippen MR) is 105 cm³/mol. The zero-order valence-corrected chi connectivity index (χ0v) is 16.0. The number of aryl methyl sites for hydroxylation is 3. The molecule has 7 heteroatoms. The summed E-state index contributed by atoms with van der Waals surface area (Å²) >= 11 is 1.87. The van der Waals surface area contributed by atoms with Crippen LogP contribution in [0.15, 0.2) is 18.6 Å². The Hall–Kier alpha value is -2.28. The minimum Gasteiger partial charge on any atom is -0.352 e. The van der Waals surface area contributed by atoms with Crippen LogP contribution in [0.1, 0.15) is 29.1 Å². The van der Waals surface area contributed by atoms with Crippen LogP contribution in [-0.2, 0) is 12.8 Å². The van der Waals surface area contributed by atoms with E-state index in [4.69, 9.17) is 9.97 Å². The first-order chi connectivity index (χ1) is 12.7. The van der Waals surface area contributed by atoms with Crippen LogP contribution in [0.2, 0.25) is 0 Å². The Morgan fingerprint density at radius 3 is 2.81 bits per heavy atom. The molecule has 0 atom stereocenters. The van der Waals surface area contributed by atoms with Crippen LogP contribution in [0, 0.1) is 6.92 Å². The first-order valence-electron chi connectivity index (χ1n) is 9.23. The molecule has 3 aromatic rings. The molecule has 0 N–H and O–H groups in total. The second-order valence-electron chi connectivity index (χ2n) is 7.22. The fourth-order valence-corrected chi connectivity index (χ4v) is 5.31. The molecule has 6 nitrogen and oxygen atoms in total. The molecule has 4 heterocycles. The van der Waals surface area contributed by atoms with Gasteiger partial charge in [-0.3, -0.25) is 4.98 Å². The molecule has 0 radical (unpaired) electrons. The number of aromatic nitrogens is 4. The molecular weight excluding hydrogens is 344 g/mol. The summed E-state index contributed by atoms with van der Waals surface area (Å²) in [5.74, 6) is 2.92. The first-order valence-corrected chi connectivity index (χ1v) is 10.0. The summed E-state index contributed by atoms with van der Waals surface area (Å²) in [4.78, 5) is 25.5. The third-order valence-corrected chi connectivity index (χ3v) is 6.71. The van der Waals surface area contributed by atoms with Crippen molar-refractivity contribution < 1.29 is 0 Å². The fraction of sp³-hybridized carbons (Fsp3) is 0.474. The van der Waals surface area contributed by atoms with Gasteiger partial charge in [-0.05, 0) is 38.2 Å². The van der Waals surface area contributed by atoms with Crippen molar-refractivity contribution >= 4 is 33.2 Å². The number of likely N-dealkylation sites (N-methyl/N-ethyl adjacent to an activating group) is 1. The highest BCUT2D eigenvalue weighted by Crippen LogP contribution is 2.40. The van der Waals surface area contributed by atoms with E-state index in [-0.39, 0.29) is 0 Å². The molecule has 3 aromatic heterocycles. The highest BCUT2D eigenvalue weighted by molar-refractivity contribution is 7.19. The summed E-state index contributed by atoms with van der Waals surface area (Å²) in [6, 6.07) is 0.439. The van der Waals surface area contributed by atoms with Gasteiger partial charge in [0.25, 0.3) is 0 Å². The zero-order chi connectivity index (χ0) is 17.7. The predicted octanol–water partition coefficient (Wildman–Crippen LogP) is 2.99. The van der Waals surface area contributed by atoms with Crippen LogP contribution in [0.4, 0.5) is 11.6 Å². The minimum absolute atomic E-state index is 0.439. The highest BCUT2D eigenvalue weighted by Gasteiger charge is 2.33. The van der Waals surface area contributed by atoms with E-state index >= 15 is 0 Å². The van der Waals surface area contributed by atoms with Crippen molar-refractivity contribution in [2.24, 2.45) is 0 Å². The summed E-state index contributed by atoms with van der Waals surface area (Å²) in [7, 11) is 2.17. The van der Waals surface area contributed by atoms with E-state index in [1.54, 1.807) is 12.4 Å². The third kappa shape index (κ3) is 2.53. The maximum absolute atomic E-state index is 4.86. The largest absolute Gasteiger partial charge is 0.352 e. The molecule has 0 unspecified atom stereocenters. The monoisotopic (exact) mass is 366 g/mol. The molecule has 2 aliphatic rings. The van der Waals surface area contributed by atoms with Gasteiger partial charge in [0.05, 0.1) is 17.6 Å². The van der Waals surface area contributed by atoms with Crippen molar-refractivity contribution in [2.45, 2.75) is 38.6 Å². The van der Waals surface area contributed by atoms with E-state index in [9.17, 15) is 0 Å². The van der Waals surface area contributed by atoms with Gasteiger partial charge in [0.1, 0.15) is 22.3 Å². The molecule has 1 saturated heterocycles. The lowest BCUT2D eigenvalue weighted by atomic mass is 9.96. The Bertz CT molecular complexity index is 948. The minimum atomic E-state index is 0.439. The number of nitrogens with zero attached hydrogens (tertiary/aromatic N) is 6. The van der Waals surface area contributed by atoms with E-state index in [1.807, 2.05) is 24.5 Å². The molecule has 0 aromatic carbocycles. The van der Waals surface area contributed by atoms with E-state index < -0.39 is 0 Å². The summed E-state index contributed by atoms with van der Waals surface area (Å²) in [6.45, 7) is 3.90. The lowest BCUT2D eigenvalue weighted by Gasteiger charge is -2.45. The average Bonchev–Trinajstić information content (AvgIpc) is 2.98. The Kier molecular flexibility index (Phi) is 3.77. The molecule has 5 rings (SSSR count). The van der Waals surface area contributed by atoms with Crippen LogP contribution in [0.25, 0.3) is 10.2 Å². The third-order valence-electron chi connectivity index (χ3n) is 5.53. The molecule has 0 spiro atoms. The molecule has 134 valence electrons. The topological polar surface area (TPSA) is 58.0 Å². The quantitative estimate of drug-likeness (QED) is 0.710. The molecule has 0 saturated carbocycles. The van der Waals surface area contributed by atoms with Crippen molar-refractivity contribution in [3.8, 4) is 0 Å². The SMILES string of the molecule is Cc1nc(N(C)C2CN(c3cnccn3)C2)c2c3c(sc2n1)CCCC3. The van der Waals surface area contributed by atoms with Crippen LogP contribution < -0.4 is 9.80 Å². The van der Waals surface area contributed by atoms with Crippen molar-refractivity contribution in [1.82, 2.24) is 19.9 Å². The van der Waals surface area contributed by atoms with E-state index in [1.165, 1.54) is 41.5 Å². The Morgan fingerprint density at radius 1 is 1.15 bits per heavy atom. The van der Waals surface area contributed by atoms with Crippen molar-refractivity contribution in [2.75, 3.05) is 29.9 Å². The number of fused-ring (bicyclic) bond motifs is 3. The van der Waals surface area contributed by atoms with Gasteiger partial charge in [-0.2, -0.15) is 0 Å². The van der Waals surface area contributed by atoms with E-state index in [0.717, 1.165) is 35.4 Å². The van der Waals surface area contributed by atoms with Gasteiger partial charge in [0.2, 0.25) is 0 Å². The molecule has 1 aliphatic carbocycles. The van der Waals surface area contributed by atoms with Crippen LogP contribution in [0.3, 0.4) is 0 Å². The standard InChI is InChI=1S/C19H22N6S/c1-12-22-18(17-14-5-3-4-6-15(14)26-19(17)23-12)24(2)13-10-25(11-13)16-9-20-7-8-21-16/h7-9,13H,3-6,10-11H2,1-2H3. The molecule has 1 fully saturated rings. The van der Waals surface area contributed by atoms with Gasteiger partial charge in [-0.15, -0.1) is 11.3 Å². The van der Waals surface area contributed by atoms with Gasteiger partial charge in [0, 0.05) is 37.4 Å². The maximum atomic E-state index is 4.86. The molecule has 0 bridgehead atoms. The maximum Gasteiger partial charge on any atom is 0.147 e. The summed E-state index contributed by atoms with van der Waals surface area (Å²) in [5, 5.41) is 1.30. The van der Waals surface area contributed by atoms with Gasteiger partial charge < -0.3 is 9.80 Å². The smallest absolute Gasteiger partial charge is 0.147 e. The normalized spacial score (nSPS) is 17.2. The van der Waals surface area contributed by atoms with Crippen molar-refractivity contribution in [1.29, 1.82) is 0 Å². The zero-order valence-electron chi connectivity index (χ0n) is 15.1. The lowest BCUT2D eigenvalue weighted by Crippen LogP contribution is -2.59. The summed E-state index contributed by atoms with van der Waals surface area (Å²) < 4.78 is 0. The molecule has 1 aliphatic heterocycles. The molecule has 0 amide bonds. The van der Waals surface area contributed by atoms with E-state index in [2.05, 4.69) is 26.8 Å². The first kappa shape index (κ1) is 15.9. The Balaban J connectivity index is 1.46. The second-order valence-corrected chi connectivity index (χ2v) is 8.30.